The zero-order chi connectivity index (χ0) is 22.7. The number of hydrogen-bond donors (Lipinski definition) is 1. The quantitative estimate of drug-likeness (QED) is 0.455. The normalized spacial score (nSPS) is 41.5. The third-order valence-corrected chi connectivity index (χ3v) is 11.7. The van der Waals surface area contributed by atoms with Crippen LogP contribution in [0.15, 0.2) is 22.8 Å². The number of fused-ring (bicyclic) bond motifs is 5. The van der Waals surface area contributed by atoms with Crippen LogP contribution >= 0.6 is 0 Å². The lowest BCUT2D eigenvalue weighted by molar-refractivity contribution is -0.108. The first kappa shape index (κ1) is 23.2. The molecule has 0 saturated heterocycles. The molecule has 2 fully saturated rings. The monoisotopic (exact) mass is 438 g/mol. The Morgan fingerprint density at radius 2 is 1.69 bits per heavy atom. The molecule has 1 heteroatoms. The van der Waals surface area contributed by atoms with Crippen LogP contribution in [-0.4, -0.2) is 11.2 Å². The van der Waals surface area contributed by atoms with E-state index in [-0.39, 0.29) is 11.5 Å². The average Bonchev–Trinajstić information content (AvgIpc) is 3.36. The fourth-order valence-corrected chi connectivity index (χ4v) is 9.99. The van der Waals surface area contributed by atoms with Crippen molar-refractivity contribution in [2.75, 3.05) is 0 Å². The summed E-state index contributed by atoms with van der Waals surface area (Å²) in [5.74, 6) is 3.24. The lowest BCUT2D eigenvalue weighted by Crippen LogP contribution is -2.54. The van der Waals surface area contributed by atoms with Gasteiger partial charge in [0.05, 0.1) is 6.10 Å². The summed E-state index contributed by atoms with van der Waals surface area (Å²) in [6.07, 6.45) is 21.0. The highest BCUT2D eigenvalue weighted by atomic mass is 16.3. The predicted molar refractivity (Wildman–Crippen MR) is 135 cm³/mol. The van der Waals surface area contributed by atoms with Crippen LogP contribution < -0.4 is 0 Å². The Morgan fingerprint density at radius 1 is 0.938 bits per heavy atom. The highest BCUT2D eigenvalue weighted by Gasteiger charge is 2.60. The van der Waals surface area contributed by atoms with Crippen molar-refractivity contribution in [3.63, 3.8) is 0 Å². The molecule has 5 aliphatic rings. The van der Waals surface area contributed by atoms with Crippen LogP contribution in [0.3, 0.4) is 0 Å². The fourth-order valence-electron chi connectivity index (χ4n) is 9.99. The van der Waals surface area contributed by atoms with Crippen LogP contribution in [0.1, 0.15) is 125 Å². The summed E-state index contributed by atoms with van der Waals surface area (Å²) in [6, 6.07) is 0. The minimum absolute atomic E-state index is 0.0409. The van der Waals surface area contributed by atoms with E-state index >= 15 is 0 Å². The molecule has 180 valence electrons. The number of hydrogen-bond acceptors (Lipinski definition) is 1. The van der Waals surface area contributed by atoms with Gasteiger partial charge in [-0.15, -0.1) is 0 Å². The lowest BCUT2D eigenvalue weighted by atomic mass is 9.45. The summed E-state index contributed by atoms with van der Waals surface area (Å²) in [4.78, 5) is 0. The molecule has 1 spiro atoms. The van der Waals surface area contributed by atoms with Gasteiger partial charge in [0.1, 0.15) is 0 Å². The van der Waals surface area contributed by atoms with Gasteiger partial charge in [-0.3, -0.25) is 0 Å². The van der Waals surface area contributed by atoms with E-state index in [2.05, 4.69) is 40.7 Å². The Labute approximate surface area is 198 Å². The van der Waals surface area contributed by atoms with Gasteiger partial charge < -0.3 is 5.11 Å². The molecule has 0 aromatic heterocycles. The molecule has 6 atom stereocenters. The van der Waals surface area contributed by atoms with Crippen molar-refractivity contribution >= 4 is 0 Å². The summed E-state index contributed by atoms with van der Waals surface area (Å²) < 4.78 is 0. The van der Waals surface area contributed by atoms with Crippen molar-refractivity contribution in [3.8, 4) is 0 Å². The van der Waals surface area contributed by atoms with Crippen LogP contribution in [-0.2, 0) is 0 Å². The van der Waals surface area contributed by atoms with Crippen molar-refractivity contribution in [1.82, 2.24) is 0 Å². The molecule has 5 aliphatic carbocycles. The maximum Gasteiger partial charge on any atom is 0.0599 e. The molecule has 5 rings (SSSR count). The van der Waals surface area contributed by atoms with E-state index in [1.807, 2.05) is 5.57 Å². The van der Waals surface area contributed by atoms with Crippen molar-refractivity contribution in [2.24, 2.45) is 39.9 Å². The second-order valence-electron chi connectivity index (χ2n) is 13.6. The maximum absolute atomic E-state index is 11.2. The molecule has 2 saturated carbocycles. The minimum Gasteiger partial charge on any atom is -0.393 e. The Bertz CT molecular complexity index is 780. The number of aliphatic hydroxyl groups excluding tert-OH is 1. The molecule has 2 unspecified atom stereocenters. The summed E-state index contributed by atoms with van der Waals surface area (Å²) in [5, 5.41) is 11.2. The second-order valence-corrected chi connectivity index (χ2v) is 13.6. The largest absolute Gasteiger partial charge is 0.393 e. The molecule has 0 bridgehead atoms. The predicted octanol–water partition coefficient (Wildman–Crippen LogP) is 8.62. The lowest BCUT2D eigenvalue weighted by Gasteiger charge is -2.60. The maximum atomic E-state index is 11.2. The van der Waals surface area contributed by atoms with E-state index in [1.165, 1.54) is 83.5 Å². The number of rotatable bonds is 5. The van der Waals surface area contributed by atoms with Gasteiger partial charge in [0, 0.05) is 0 Å². The summed E-state index contributed by atoms with van der Waals surface area (Å²) in [6.45, 7) is 12.6. The molecule has 32 heavy (non-hydrogen) atoms. The first-order valence-corrected chi connectivity index (χ1v) is 14.3. The molecule has 0 radical (unpaired) electrons. The molecule has 0 amide bonds. The van der Waals surface area contributed by atoms with Gasteiger partial charge in [0.25, 0.3) is 0 Å². The Morgan fingerprint density at radius 3 is 2.41 bits per heavy atom. The topological polar surface area (TPSA) is 20.2 Å². The van der Waals surface area contributed by atoms with Gasteiger partial charge >= 0.3 is 0 Å². The molecule has 0 aromatic rings. The van der Waals surface area contributed by atoms with Crippen LogP contribution in [0.5, 0.6) is 0 Å². The number of aliphatic hydroxyl groups is 1. The zero-order valence-electron chi connectivity index (χ0n) is 21.8. The molecule has 0 heterocycles. The van der Waals surface area contributed by atoms with E-state index in [0.717, 1.165) is 30.1 Å². The minimum atomic E-state index is -0.0409. The van der Waals surface area contributed by atoms with Gasteiger partial charge in [-0.05, 0) is 109 Å². The Hall–Kier alpha value is -0.560. The van der Waals surface area contributed by atoms with Gasteiger partial charge in [-0.2, -0.15) is 0 Å². The van der Waals surface area contributed by atoms with E-state index in [0.29, 0.717) is 10.8 Å². The van der Waals surface area contributed by atoms with E-state index in [4.69, 9.17) is 0 Å². The average molecular weight is 439 g/mol. The molecular weight excluding hydrogens is 388 g/mol. The van der Waals surface area contributed by atoms with Crippen LogP contribution in [0.2, 0.25) is 0 Å². The van der Waals surface area contributed by atoms with E-state index in [9.17, 15) is 5.11 Å². The van der Waals surface area contributed by atoms with Crippen LogP contribution in [0.25, 0.3) is 0 Å². The molecule has 0 aromatic carbocycles. The Balaban J connectivity index is 1.40. The second kappa shape index (κ2) is 8.28. The molecule has 0 aliphatic heterocycles. The van der Waals surface area contributed by atoms with Gasteiger partial charge in [0.15, 0.2) is 0 Å². The third-order valence-electron chi connectivity index (χ3n) is 11.7. The van der Waals surface area contributed by atoms with E-state index in [1.54, 1.807) is 11.1 Å². The van der Waals surface area contributed by atoms with Crippen LogP contribution in [0, 0.1) is 39.9 Å². The van der Waals surface area contributed by atoms with Crippen LogP contribution in [0.4, 0.5) is 0 Å². The number of allylic oxidation sites excluding steroid dienone is 4. The summed E-state index contributed by atoms with van der Waals surface area (Å²) in [5.41, 5.74) is 6.44. The van der Waals surface area contributed by atoms with Crippen molar-refractivity contribution < 1.29 is 5.11 Å². The highest BCUT2D eigenvalue weighted by Crippen LogP contribution is 2.69. The zero-order valence-corrected chi connectivity index (χ0v) is 21.8. The molecular formula is C31H50O. The summed E-state index contributed by atoms with van der Waals surface area (Å²) in [7, 11) is 0. The highest BCUT2D eigenvalue weighted by molar-refractivity contribution is 5.50. The molecule has 1 nitrogen and oxygen atoms in total. The van der Waals surface area contributed by atoms with Crippen molar-refractivity contribution in [2.45, 2.75) is 131 Å². The van der Waals surface area contributed by atoms with Gasteiger partial charge in [-0.1, -0.05) is 78.4 Å². The standard InChI is InChI=1S/C31H50O/c1-21(2)9-8-10-22(3)24-12-13-25-23-11-14-27-30(5,26(23)15-19-29(24,25)4)20-16-28(32)31(27)17-6-7-18-31/h13,21-22,24,27-28,32H,6-12,14-20H2,1-5H3/t22-,24-,27?,28?,29-,30-/m1/s1. The fraction of sp³-hybridized carbons (Fsp3) is 0.871. The van der Waals surface area contributed by atoms with E-state index < -0.39 is 0 Å². The Kier molecular flexibility index (Phi) is 6.00. The first-order valence-electron chi connectivity index (χ1n) is 14.3. The van der Waals surface area contributed by atoms with Gasteiger partial charge in [0.2, 0.25) is 0 Å². The third kappa shape index (κ3) is 3.34. The van der Waals surface area contributed by atoms with Crippen molar-refractivity contribution in [1.29, 1.82) is 0 Å². The van der Waals surface area contributed by atoms with Gasteiger partial charge in [-0.25, -0.2) is 0 Å². The summed E-state index contributed by atoms with van der Waals surface area (Å²) >= 11 is 0. The SMILES string of the molecule is CC(C)CCC[C@@H](C)[C@H]1CC=C2C3=C(CC[C@@]21C)[C@@]1(C)CCC(O)C2(CCCC2)C1CC3. The first-order chi connectivity index (χ1) is 15.2. The van der Waals surface area contributed by atoms with Crippen molar-refractivity contribution in [3.05, 3.63) is 22.8 Å². The molecule has 1 N–H and O–H groups in total. The smallest absolute Gasteiger partial charge is 0.0599 e.